The van der Waals surface area contributed by atoms with Crippen LogP contribution in [-0.2, 0) is 6.54 Å². The van der Waals surface area contributed by atoms with Gasteiger partial charge in [-0.2, -0.15) is 0 Å². The fraction of sp³-hybridized carbons (Fsp3) is 0.158. The van der Waals surface area contributed by atoms with Gasteiger partial charge in [-0.05, 0) is 48.4 Å². The minimum absolute atomic E-state index is 0.232. The molecule has 7 heteroatoms. The van der Waals surface area contributed by atoms with Crippen molar-refractivity contribution in [2.24, 2.45) is 5.73 Å². The van der Waals surface area contributed by atoms with E-state index in [1.54, 1.807) is 13.1 Å². The number of anilines is 2. The summed E-state index contributed by atoms with van der Waals surface area (Å²) < 4.78 is 13.8. The van der Waals surface area contributed by atoms with Crippen molar-refractivity contribution in [3.05, 3.63) is 65.1 Å². The van der Waals surface area contributed by atoms with Crippen LogP contribution >= 0.6 is 11.3 Å². The second-order valence-electron chi connectivity index (χ2n) is 5.82. The lowest BCUT2D eigenvalue weighted by atomic mass is 10.1. The van der Waals surface area contributed by atoms with Crippen LogP contribution < -0.4 is 16.4 Å². The average molecular weight is 370 g/mol. The highest BCUT2D eigenvalue weighted by molar-refractivity contribution is 7.19. The lowest BCUT2D eigenvalue weighted by Crippen LogP contribution is -2.14. The van der Waals surface area contributed by atoms with E-state index in [9.17, 15) is 9.18 Å². The smallest absolute Gasteiger partial charge is 0.277 e. The van der Waals surface area contributed by atoms with Gasteiger partial charge in [-0.25, -0.2) is 9.37 Å². The van der Waals surface area contributed by atoms with Gasteiger partial charge in [0, 0.05) is 24.8 Å². The van der Waals surface area contributed by atoms with Crippen molar-refractivity contribution in [1.82, 2.24) is 4.98 Å². The largest absolute Gasteiger partial charge is 0.378 e. The Balaban J connectivity index is 1.94. The van der Waals surface area contributed by atoms with Gasteiger partial charge in [-0.3, -0.25) is 4.79 Å². The summed E-state index contributed by atoms with van der Waals surface area (Å²) >= 11 is 1.29. The zero-order valence-electron chi connectivity index (χ0n) is 14.5. The van der Waals surface area contributed by atoms with Crippen LogP contribution in [0.3, 0.4) is 0 Å². The highest BCUT2D eigenvalue weighted by Crippen LogP contribution is 2.33. The van der Waals surface area contributed by atoms with Crippen molar-refractivity contribution in [1.29, 1.82) is 0 Å². The summed E-state index contributed by atoms with van der Waals surface area (Å²) in [6, 6.07) is 12.1. The number of carbonyl (C=O) groups excluding carboxylic acids is 1. The topological polar surface area (TPSA) is 80.0 Å². The highest BCUT2D eigenvalue weighted by Gasteiger charge is 2.19. The van der Waals surface area contributed by atoms with Crippen molar-refractivity contribution in [2.75, 3.05) is 17.7 Å². The molecule has 3 rings (SSSR count). The number of hydrogen-bond acceptors (Lipinski definition) is 5. The average Bonchev–Trinajstić information content (AvgIpc) is 3.06. The zero-order valence-corrected chi connectivity index (χ0v) is 15.3. The number of carbonyl (C=O) groups is 1. The maximum atomic E-state index is 13.8. The van der Waals surface area contributed by atoms with Crippen molar-refractivity contribution < 1.29 is 9.18 Å². The summed E-state index contributed by atoms with van der Waals surface area (Å²) in [5.41, 5.74) is 8.90. The minimum Gasteiger partial charge on any atom is -0.378 e. The summed E-state index contributed by atoms with van der Waals surface area (Å²) in [4.78, 5) is 17.1. The molecule has 1 amide bonds. The van der Waals surface area contributed by atoms with E-state index in [2.05, 4.69) is 15.6 Å². The number of amides is 1. The summed E-state index contributed by atoms with van der Waals surface area (Å²) in [5, 5.41) is 7.00. The van der Waals surface area contributed by atoms with Gasteiger partial charge in [0.05, 0.1) is 0 Å². The van der Waals surface area contributed by atoms with Gasteiger partial charge in [-0.1, -0.05) is 23.5 Å². The zero-order chi connectivity index (χ0) is 18.7. The number of rotatable bonds is 5. The molecule has 134 valence electrons. The first kappa shape index (κ1) is 18.0. The summed E-state index contributed by atoms with van der Waals surface area (Å²) in [6.07, 6.45) is 0. The van der Waals surface area contributed by atoms with E-state index in [4.69, 9.17) is 5.73 Å². The SMILES string of the molecule is CNc1sc(-c2cc(F)cc(CN)c2)nc1C(=O)Nc1cccc(C)c1. The maximum Gasteiger partial charge on any atom is 0.277 e. The van der Waals surface area contributed by atoms with E-state index >= 15 is 0 Å². The second kappa shape index (κ2) is 7.63. The molecule has 0 fully saturated rings. The molecule has 26 heavy (non-hydrogen) atoms. The van der Waals surface area contributed by atoms with Crippen LogP contribution in [-0.4, -0.2) is 17.9 Å². The van der Waals surface area contributed by atoms with Crippen LogP contribution in [0.25, 0.3) is 10.6 Å². The number of nitrogens with two attached hydrogens (primary N) is 1. The molecule has 0 bridgehead atoms. The number of thiazole rings is 1. The lowest BCUT2D eigenvalue weighted by Gasteiger charge is -2.05. The third kappa shape index (κ3) is 3.89. The van der Waals surface area contributed by atoms with Crippen molar-refractivity contribution in [2.45, 2.75) is 13.5 Å². The first-order chi connectivity index (χ1) is 12.5. The van der Waals surface area contributed by atoms with Gasteiger partial charge in [0.2, 0.25) is 0 Å². The molecule has 2 aromatic carbocycles. The fourth-order valence-electron chi connectivity index (χ4n) is 2.57. The van der Waals surface area contributed by atoms with Gasteiger partial charge in [0.1, 0.15) is 15.8 Å². The lowest BCUT2D eigenvalue weighted by molar-refractivity contribution is 0.102. The van der Waals surface area contributed by atoms with E-state index in [1.807, 2.05) is 31.2 Å². The molecule has 0 aliphatic rings. The summed E-state index contributed by atoms with van der Waals surface area (Å²) in [5.74, 6) is -0.701. The molecular weight excluding hydrogens is 351 g/mol. The third-order valence-corrected chi connectivity index (χ3v) is 4.91. The molecule has 1 aromatic heterocycles. The molecule has 0 atom stereocenters. The molecule has 0 spiro atoms. The fourth-order valence-corrected chi connectivity index (χ4v) is 3.47. The van der Waals surface area contributed by atoms with Crippen molar-refractivity contribution in [3.8, 4) is 10.6 Å². The molecule has 4 N–H and O–H groups in total. The van der Waals surface area contributed by atoms with Crippen LogP contribution in [0.2, 0.25) is 0 Å². The summed E-state index contributed by atoms with van der Waals surface area (Å²) in [7, 11) is 1.72. The molecular formula is C19H19FN4OS. The number of nitrogens with one attached hydrogen (secondary N) is 2. The molecule has 0 aliphatic heterocycles. The van der Waals surface area contributed by atoms with Gasteiger partial charge in [0.15, 0.2) is 5.69 Å². The molecule has 0 unspecified atom stereocenters. The number of aromatic nitrogens is 1. The number of aryl methyl sites for hydroxylation is 1. The third-order valence-electron chi connectivity index (χ3n) is 3.79. The maximum absolute atomic E-state index is 13.8. The van der Waals surface area contributed by atoms with Gasteiger partial charge < -0.3 is 16.4 Å². The Morgan fingerprint density at radius 1 is 1.27 bits per heavy atom. The van der Waals surface area contributed by atoms with Crippen molar-refractivity contribution >= 4 is 27.9 Å². The number of halogens is 1. The van der Waals surface area contributed by atoms with Gasteiger partial charge in [-0.15, -0.1) is 0 Å². The Morgan fingerprint density at radius 3 is 2.77 bits per heavy atom. The first-order valence-corrected chi connectivity index (χ1v) is 8.88. The van der Waals surface area contributed by atoms with Gasteiger partial charge >= 0.3 is 0 Å². The van der Waals surface area contributed by atoms with E-state index in [0.717, 1.165) is 5.56 Å². The highest BCUT2D eigenvalue weighted by atomic mass is 32.1. The molecule has 0 aliphatic carbocycles. The second-order valence-corrected chi connectivity index (χ2v) is 6.82. The number of hydrogen-bond donors (Lipinski definition) is 3. The van der Waals surface area contributed by atoms with E-state index in [-0.39, 0.29) is 24.0 Å². The Labute approximate surface area is 155 Å². The standard InChI is InChI=1S/C19H19FN4OS/c1-11-4-3-5-15(6-11)23-17(25)16-19(22-2)26-18(24-16)13-7-12(10-21)8-14(20)9-13/h3-9,22H,10,21H2,1-2H3,(H,23,25). The van der Waals surface area contributed by atoms with E-state index in [0.29, 0.717) is 26.8 Å². The Bertz CT molecular complexity index is 954. The van der Waals surface area contributed by atoms with Crippen LogP contribution in [0, 0.1) is 12.7 Å². The molecule has 0 saturated heterocycles. The van der Waals surface area contributed by atoms with E-state index < -0.39 is 0 Å². The monoisotopic (exact) mass is 370 g/mol. The number of nitrogens with zero attached hydrogens (tertiary/aromatic N) is 1. The van der Waals surface area contributed by atoms with Crippen LogP contribution in [0.1, 0.15) is 21.6 Å². The first-order valence-electron chi connectivity index (χ1n) is 8.06. The molecule has 0 saturated carbocycles. The summed E-state index contributed by atoms with van der Waals surface area (Å²) in [6.45, 7) is 2.18. The molecule has 5 nitrogen and oxygen atoms in total. The molecule has 0 radical (unpaired) electrons. The quantitative estimate of drug-likeness (QED) is 0.634. The Morgan fingerprint density at radius 2 is 2.08 bits per heavy atom. The van der Waals surface area contributed by atoms with Crippen LogP contribution in [0.4, 0.5) is 15.1 Å². The normalized spacial score (nSPS) is 10.6. The van der Waals surface area contributed by atoms with Crippen LogP contribution in [0.5, 0.6) is 0 Å². The minimum atomic E-state index is -0.380. The predicted octanol–water partition coefficient (Wildman–Crippen LogP) is 4.01. The van der Waals surface area contributed by atoms with Crippen LogP contribution in [0.15, 0.2) is 42.5 Å². The van der Waals surface area contributed by atoms with Crippen molar-refractivity contribution in [3.63, 3.8) is 0 Å². The number of benzene rings is 2. The van der Waals surface area contributed by atoms with E-state index in [1.165, 1.54) is 23.5 Å². The Hall–Kier alpha value is -2.77. The Kier molecular flexibility index (Phi) is 5.29. The molecule has 1 heterocycles. The van der Waals surface area contributed by atoms with Gasteiger partial charge in [0.25, 0.3) is 5.91 Å². The molecule has 3 aromatic rings. The predicted molar refractivity (Wildman–Crippen MR) is 104 cm³/mol.